The summed E-state index contributed by atoms with van der Waals surface area (Å²) < 4.78 is 25.3. The third-order valence-electron chi connectivity index (χ3n) is 13.7. The lowest BCUT2D eigenvalue weighted by molar-refractivity contribution is -0.120. The number of likely N-dealkylation sites (tertiary alicyclic amines) is 2. The van der Waals surface area contributed by atoms with Gasteiger partial charge in [0.15, 0.2) is 5.82 Å². The number of hydrogen-bond acceptors (Lipinski definition) is 11. The lowest BCUT2D eigenvalue weighted by Crippen LogP contribution is -2.51. The molecule has 336 valence electrons. The number of pyridine rings is 1. The van der Waals surface area contributed by atoms with Crippen molar-refractivity contribution in [3.05, 3.63) is 88.7 Å². The summed E-state index contributed by atoms with van der Waals surface area (Å²) in [5, 5.41) is 22.3. The number of amides is 4. The summed E-state index contributed by atoms with van der Waals surface area (Å²) in [4.78, 5) is 50.8. The summed E-state index contributed by atoms with van der Waals surface area (Å²) in [6.07, 6.45) is 6.82. The first-order valence-corrected chi connectivity index (χ1v) is 22.5. The number of fused-ring (bicyclic) bond motifs is 1. The molecule has 16 heteroatoms. The van der Waals surface area contributed by atoms with Crippen molar-refractivity contribution in [2.24, 2.45) is 0 Å². The number of aryl methyl sites for hydroxylation is 3. The van der Waals surface area contributed by atoms with Crippen LogP contribution >= 0.6 is 0 Å². The number of anilines is 3. The van der Waals surface area contributed by atoms with E-state index in [9.17, 15) is 19.5 Å². The highest BCUT2D eigenvalue weighted by Crippen LogP contribution is 2.38. The largest absolute Gasteiger partial charge is 0.507 e. The van der Waals surface area contributed by atoms with Crippen molar-refractivity contribution in [2.45, 2.75) is 90.1 Å². The van der Waals surface area contributed by atoms with Crippen LogP contribution in [0.25, 0.3) is 22.3 Å². The molecule has 0 radical (unpaired) electrons. The van der Waals surface area contributed by atoms with Gasteiger partial charge in [-0.2, -0.15) is 0 Å². The molecule has 4 amide bonds. The minimum absolute atomic E-state index is 0.0812. The number of hydrogen-bond donors (Lipinski definition) is 3. The molecule has 2 aromatic carbocycles. The van der Waals surface area contributed by atoms with Gasteiger partial charge >= 0.3 is 6.03 Å². The van der Waals surface area contributed by atoms with Crippen molar-refractivity contribution in [1.82, 2.24) is 34.9 Å². The third kappa shape index (κ3) is 8.48. The zero-order valence-electron chi connectivity index (χ0n) is 37.0. The number of halogens is 1. The average Bonchev–Trinajstić information content (AvgIpc) is 3.65. The van der Waals surface area contributed by atoms with Crippen LogP contribution in [0.2, 0.25) is 0 Å². The number of nitrogen functional groups attached to an aromatic ring is 1. The normalized spacial score (nSPS) is 21.1. The molecule has 0 spiro atoms. The van der Waals surface area contributed by atoms with Gasteiger partial charge in [-0.3, -0.25) is 19.8 Å². The number of nitrogens with two attached hydrogens (primary N) is 1. The number of piperidine rings is 2. The molecule has 0 unspecified atom stereocenters. The summed E-state index contributed by atoms with van der Waals surface area (Å²) in [7, 11) is 0. The number of urea groups is 1. The van der Waals surface area contributed by atoms with Gasteiger partial charge in [-0.05, 0) is 92.6 Å². The predicted molar refractivity (Wildman–Crippen MR) is 243 cm³/mol. The minimum atomic E-state index is -1.38. The highest BCUT2D eigenvalue weighted by atomic mass is 19.1. The van der Waals surface area contributed by atoms with Gasteiger partial charge in [0, 0.05) is 100 Å². The van der Waals surface area contributed by atoms with Crippen LogP contribution < -0.4 is 20.9 Å². The molecule has 4 fully saturated rings. The minimum Gasteiger partial charge on any atom is -0.507 e. The number of para-hydroxylation sites is 1. The van der Waals surface area contributed by atoms with E-state index < -0.39 is 11.7 Å². The average molecular weight is 873 g/mol. The van der Waals surface area contributed by atoms with Gasteiger partial charge in [-0.15, -0.1) is 10.2 Å². The molecule has 5 aromatic rings. The van der Waals surface area contributed by atoms with Gasteiger partial charge in [0.05, 0.1) is 29.4 Å². The van der Waals surface area contributed by atoms with E-state index in [1.807, 2.05) is 51.1 Å². The van der Waals surface area contributed by atoms with Crippen molar-refractivity contribution in [2.75, 3.05) is 67.9 Å². The number of nitrogens with zero attached hydrogens (tertiary/aromatic N) is 8. The number of carbonyl (C=O) groups is 3. The molecule has 15 nitrogen and oxygen atoms in total. The zero-order chi connectivity index (χ0) is 44.9. The second kappa shape index (κ2) is 17.4. The molecule has 4 saturated heterocycles. The van der Waals surface area contributed by atoms with E-state index in [0.717, 1.165) is 65.6 Å². The SMILES string of the molecule is CCc1cn(C2CCN(CC3(F)CCN(C(=O)c4cc(C)c([C@@H]5CN(c6cc(-c7ccccc7O)nnc6N)C[C@H](C)O5)cc4C)CC3)CC2)c2ncc(N3CCC(=O)NC3=O)cc12. The Hall–Kier alpha value is -6.13. The number of rotatable bonds is 9. The molecule has 4 aliphatic heterocycles. The maximum atomic E-state index is 16.6. The molecule has 4 aliphatic rings. The second-order valence-electron chi connectivity index (χ2n) is 18.1. The molecule has 0 saturated carbocycles. The van der Waals surface area contributed by atoms with Crippen LogP contribution in [0.4, 0.5) is 26.4 Å². The van der Waals surface area contributed by atoms with Crippen molar-refractivity contribution < 1.29 is 28.6 Å². The van der Waals surface area contributed by atoms with E-state index in [-0.39, 0.29) is 55.1 Å². The van der Waals surface area contributed by atoms with Crippen molar-refractivity contribution >= 4 is 46.1 Å². The summed E-state index contributed by atoms with van der Waals surface area (Å²) >= 11 is 0. The number of phenols is 1. The van der Waals surface area contributed by atoms with Crippen molar-refractivity contribution in [3.8, 4) is 17.0 Å². The molecule has 2 atom stereocenters. The number of aromatic nitrogens is 4. The first kappa shape index (κ1) is 43.1. The van der Waals surface area contributed by atoms with E-state index in [1.165, 1.54) is 0 Å². The molecule has 9 rings (SSSR count). The molecule has 0 bridgehead atoms. The number of carbonyl (C=O) groups excluding carboxylic acids is 3. The Balaban J connectivity index is 0.808. The molecule has 3 aromatic heterocycles. The number of phenolic OH excluding ortho intramolecular Hbond substituents is 1. The molecular formula is C48H57FN10O5. The van der Waals surface area contributed by atoms with Crippen LogP contribution in [0.15, 0.2) is 60.9 Å². The Labute approximate surface area is 372 Å². The summed E-state index contributed by atoms with van der Waals surface area (Å²) in [6.45, 7) is 12.1. The van der Waals surface area contributed by atoms with E-state index in [4.69, 9.17) is 15.5 Å². The number of ether oxygens (including phenoxy) is 1. The zero-order valence-corrected chi connectivity index (χ0v) is 37.0. The van der Waals surface area contributed by atoms with Crippen LogP contribution in [-0.2, 0) is 16.0 Å². The Kier molecular flexibility index (Phi) is 11.8. The Bertz CT molecular complexity index is 2600. The van der Waals surface area contributed by atoms with Crippen LogP contribution in [0.5, 0.6) is 5.75 Å². The van der Waals surface area contributed by atoms with Gasteiger partial charge in [-0.25, -0.2) is 14.2 Å². The standard InChI is InChI=1S/C48H57FN10O5/c1-5-32-26-59(45-38(32)22-34(24-51-45)58-17-12-43(61)52-47(58)63)33-10-15-55(16-11-33)28-48(49)13-18-56(19-14-48)46(62)37-21-29(2)36(20-30(37)3)42-27-57(25-31(4)64-42)40-23-39(53-54-44(40)50)35-8-6-7-9-41(35)60/h6-9,20-24,26,31,33,42,60H,5,10-19,25,27-28H2,1-4H3,(H2,50,54)(H,52,61,63)/t31-,42-/m0/s1. The van der Waals surface area contributed by atoms with Crippen molar-refractivity contribution in [1.29, 1.82) is 0 Å². The monoisotopic (exact) mass is 872 g/mol. The fraction of sp³-hybridized carbons (Fsp3) is 0.458. The van der Waals surface area contributed by atoms with E-state index in [1.54, 1.807) is 34.2 Å². The van der Waals surface area contributed by atoms with Crippen molar-refractivity contribution in [3.63, 3.8) is 0 Å². The number of nitrogens with one attached hydrogen (secondary N) is 1. The van der Waals surface area contributed by atoms with Gasteiger partial charge < -0.3 is 34.8 Å². The quantitative estimate of drug-likeness (QED) is 0.145. The lowest BCUT2D eigenvalue weighted by atomic mass is 9.90. The Morgan fingerprint density at radius 2 is 1.77 bits per heavy atom. The summed E-state index contributed by atoms with van der Waals surface area (Å²) in [5.41, 5.74) is 12.9. The maximum absolute atomic E-state index is 16.6. The summed E-state index contributed by atoms with van der Waals surface area (Å²) in [6, 6.07) is 14.6. The smallest absolute Gasteiger partial charge is 0.328 e. The highest BCUT2D eigenvalue weighted by Gasteiger charge is 2.39. The van der Waals surface area contributed by atoms with Crippen LogP contribution in [0, 0.1) is 13.8 Å². The topological polar surface area (TPSA) is 175 Å². The predicted octanol–water partition coefficient (Wildman–Crippen LogP) is 6.65. The van der Waals surface area contributed by atoms with E-state index in [0.29, 0.717) is 73.3 Å². The van der Waals surface area contributed by atoms with Crippen LogP contribution in [0.3, 0.4) is 0 Å². The number of morpholine rings is 1. The number of imide groups is 1. The molecule has 0 aliphatic carbocycles. The molecule has 64 heavy (non-hydrogen) atoms. The second-order valence-corrected chi connectivity index (χ2v) is 18.1. The summed E-state index contributed by atoms with van der Waals surface area (Å²) in [5.74, 6) is 0.0517. The van der Waals surface area contributed by atoms with Gasteiger partial charge in [0.1, 0.15) is 23.2 Å². The first-order chi connectivity index (χ1) is 30.8. The third-order valence-corrected chi connectivity index (χ3v) is 13.7. The fourth-order valence-electron chi connectivity index (χ4n) is 10.1. The number of alkyl halides is 1. The first-order valence-electron chi connectivity index (χ1n) is 22.5. The van der Waals surface area contributed by atoms with E-state index >= 15 is 4.39 Å². The van der Waals surface area contributed by atoms with Gasteiger partial charge in [-0.1, -0.05) is 25.1 Å². The highest BCUT2D eigenvalue weighted by molar-refractivity contribution is 6.06. The van der Waals surface area contributed by atoms with Gasteiger partial charge in [0.25, 0.3) is 5.91 Å². The Morgan fingerprint density at radius 3 is 2.50 bits per heavy atom. The van der Waals surface area contributed by atoms with E-state index in [2.05, 4.69) is 43.0 Å². The van der Waals surface area contributed by atoms with Gasteiger partial charge in [0.2, 0.25) is 5.91 Å². The Morgan fingerprint density at radius 1 is 1.00 bits per heavy atom. The maximum Gasteiger partial charge on any atom is 0.328 e. The fourth-order valence-corrected chi connectivity index (χ4v) is 10.1. The lowest BCUT2D eigenvalue weighted by Gasteiger charge is -2.41. The van der Waals surface area contributed by atoms with Crippen LogP contribution in [0.1, 0.15) is 90.7 Å². The molecule has 7 heterocycles. The van der Waals surface area contributed by atoms with Crippen LogP contribution in [-0.4, -0.2) is 117 Å². The number of benzene rings is 2. The molecule has 4 N–H and O–H groups in total. The molecular weight excluding hydrogens is 816 g/mol. The number of aromatic hydroxyl groups is 1.